The Morgan fingerprint density at radius 2 is 1.97 bits per heavy atom. The van der Waals surface area contributed by atoms with Crippen LogP contribution in [0.5, 0.6) is 5.75 Å². The van der Waals surface area contributed by atoms with Gasteiger partial charge in [-0.25, -0.2) is 9.79 Å². The third-order valence-corrected chi connectivity index (χ3v) is 5.51. The molecule has 0 atom stereocenters. The Balaban J connectivity index is 1.93. The molecular formula is C20H13Br2ClN2O6. The highest BCUT2D eigenvalue weighted by atomic mass is 79.9. The molecule has 1 aliphatic rings. The first-order valence-electron chi connectivity index (χ1n) is 8.86. The number of carbonyl (C=O) groups excluding carboxylic acids is 2. The van der Waals surface area contributed by atoms with Gasteiger partial charge in [0.2, 0.25) is 5.90 Å². The molecule has 31 heavy (non-hydrogen) atoms. The summed E-state index contributed by atoms with van der Waals surface area (Å²) in [6, 6.07) is 7.05. The predicted molar refractivity (Wildman–Crippen MR) is 121 cm³/mol. The summed E-state index contributed by atoms with van der Waals surface area (Å²) in [4.78, 5) is 38.6. The molecule has 11 heteroatoms. The van der Waals surface area contributed by atoms with Crippen molar-refractivity contribution in [1.82, 2.24) is 0 Å². The normalized spacial score (nSPS) is 14.4. The maximum atomic E-state index is 12.3. The van der Waals surface area contributed by atoms with Crippen molar-refractivity contribution in [2.24, 2.45) is 4.99 Å². The molecule has 1 aliphatic heterocycles. The van der Waals surface area contributed by atoms with Gasteiger partial charge in [-0.2, -0.15) is 0 Å². The van der Waals surface area contributed by atoms with Gasteiger partial charge in [0.15, 0.2) is 11.4 Å². The SMILES string of the molecule is CCCC(=O)Oc1c(Br)cc(/C=C2\N=C(c3cc([N+](=O)[O-])ccc3Cl)OC2=O)cc1Br. The molecule has 0 bridgehead atoms. The Morgan fingerprint density at radius 1 is 1.29 bits per heavy atom. The Morgan fingerprint density at radius 3 is 2.58 bits per heavy atom. The van der Waals surface area contributed by atoms with Crippen molar-refractivity contribution >= 4 is 73.1 Å². The highest BCUT2D eigenvalue weighted by molar-refractivity contribution is 9.11. The maximum absolute atomic E-state index is 12.3. The lowest BCUT2D eigenvalue weighted by Crippen LogP contribution is -2.08. The molecular weight excluding hydrogens is 559 g/mol. The number of nitro benzene ring substituents is 1. The molecule has 0 saturated carbocycles. The van der Waals surface area contributed by atoms with Gasteiger partial charge in [-0.05, 0) is 68.1 Å². The van der Waals surface area contributed by atoms with Gasteiger partial charge in [0.25, 0.3) is 5.69 Å². The molecule has 0 unspecified atom stereocenters. The van der Waals surface area contributed by atoms with Crippen molar-refractivity contribution in [1.29, 1.82) is 0 Å². The fraction of sp³-hybridized carbons (Fsp3) is 0.150. The number of nitro groups is 1. The van der Waals surface area contributed by atoms with E-state index in [0.717, 1.165) is 0 Å². The van der Waals surface area contributed by atoms with Crippen LogP contribution in [-0.4, -0.2) is 22.8 Å². The lowest BCUT2D eigenvalue weighted by molar-refractivity contribution is -0.384. The molecule has 8 nitrogen and oxygen atoms in total. The van der Waals surface area contributed by atoms with Crippen LogP contribution in [0.3, 0.4) is 0 Å². The molecule has 0 aromatic heterocycles. The molecule has 1 heterocycles. The van der Waals surface area contributed by atoms with Gasteiger partial charge in [0, 0.05) is 18.6 Å². The molecule has 0 spiro atoms. The molecule has 0 N–H and O–H groups in total. The average Bonchev–Trinajstić information content (AvgIpc) is 3.05. The molecule has 0 aliphatic carbocycles. The first-order valence-corrected chi connectivity index (χ1v) is 10.8. The van der Waals surface area contributed by atoms with E-state index in [1.807, 2.05) is 6.92 Å². The molecule has 0 radical (unpaired) electrons. The lowest BCUT2D eigenvalue weighted by Gasteiger charge is -2.09. The van der Waals surface area contributed by atoms with Gasteiger partial charge in [-0.15, -0.1) is 0 Å². The maximum Gasteiger partial charge on any atom is 0.363 e. The number of ether oxygens (including phenoxy) is 2. The second-order valence-corrected chi connectivity index (χ2v) is 8.41. The van der Waals surface area contributed by atoms with E-state index < -0.39 is 10.9 Å². The lowest BCUT2D eigenvalue weighted by atomic mass is 10.2. The van der Waals surface area contributed by atoms with Crippen LogP contribution >= 0.6 is 43.5 Å². The van der Waals surface area contributed by atoms with Gasteiger partial charge in [-0.1, -0.05) is 18.5 Å². The van der Waals surface area contributed by atoms with E-state index in [0.29, 0.717) is 26.7 Å². The minimum Gasteiger partial charge on any atom is -0.424 e. The first-order chi connectivity index (χ1) is 14.7. The number of non-ortho nitro benzene ring substituents is 1. The second kappa shape index (κ2) is 9.71. The summed E-state index contributed by atoms with van der Waals surface area (Å²) >= 11 is 12.8. The van der Waals surface area contributed by atoms with Crippen molar-refractivity contribution in [2.75, 3.05) is 0 Å². The van der Waals surface area contributed by atoms with Crippen LogP contribution < -0.4 is 4.74 Å². The Bertz CT molecular complexity index is 1140. The van der Waals surface area contributed by atoms with Gasteiger partial charge in [0.05, 0.1) is 24.5 Å². The fourth-order valence-electron chi connectivity index (χ4n) is 2.60. The highest BCUT2D eigenvalue weighted by Gasteiger charge is 2.27. The van der Waals surface area contributed by atoms with E-state index in [4.69, 9.17) is 21.1 Å². The van der Waals surface area contributed by atoms with Crippen LogP contribution in [0.25, 0.3) is 6.08 Å². The highest BCUT2D eigenvalue weighted by Crippen LogP contribution is 2.36. The summed E-state index contributed by atoms with van der Waals surface area (Å²) in [5, 5.41) is 11.2. The van der Waals surface area contributed by atoms with Crippen molar-refractivity contribution in [3.63, 3.8) is 0 Å². The molecule has 0 amide bonds. The summed E-state index contributed by atoms with van der Waals surface area (Å²) in [5.41, 5.74) is 0.466. The van der Waals surface area contributed by atoms with Crippen molar-refractivity contribution in [2.45, 2.75) is 19.8 Å². The minimum atomic E-state index is -0.733. The van der Waals surface area contributed by atoms with E-state index in [1.165, 1.54) is 24.3 Å². The van der Waals surface area contributed by atoms with Crippen molar-refractivity contribution in [3.05, 3.63) is 71.2 Å². The molecule has 160 valence electrons. The number of nitrogens with zero attached hydrogens (tertiary/aromatic N) is 2. The van der Waals surface area contributed by atoms with E-state index in [9.17, 15) is 19.7 Å². The van der Waals surface area contributed by atoms with Gasteiger partial charge in [0.1, 0.15) is 0 Å². The summed E-state index contributed by atoms with van der Waals surface area (Å²) in [7, 11) is 0. The number of rotatable bonds is 6. The van der Waals surface area contributed by atoms with Crippen molar-refractivity contribution in [3.8, 4) is 5.75 Å². The zero-order chi connectivity index (χ0) is 22.7. The summed E-state index contributed by atoms with van der Waals surface area (Å²) < 4.78 is 11.5. The number of hydrogen-bond acceptors (Lipinski definition) is 7. The predicted octanol–water partition coefficient (Wildman–Crippen LogP) is 5.82. The van der Waals surface area contributed by atoms with Crippen LogP contribution in [0.1, 0.15) is 30.9 Å². The monoisotopic (exact) mass is 570 g/mol. The van der Waals surface area contributed by atoms with Crippen LogP contribution in [0.4, 0.5) is 5.69 Å². The zero-order valence-corrected chi connectivity index (χ0v) is 19.8. The van der Waals surface area contributed by atoms with Gasteiger partial charge < -0.3 is 9.47 Å². The van der Waals surface area contributed by atoms with Gasteiger partial charge in [-0.3, -0.25) is 14.9 Å². The van der Waals surface area contributed by atoms with E-state index in [1.54, 1.807) is 12.1 Å². The summed E-state index contributed by atoms with van der Waals surface area (Å²) in [6.07, 6.45) is 2.41. The van der Waals surface area contributed by atoms with E-state index in [2.05, 4.69) is 36.9 Å². The number of esters is 2. The number of aliphatic imine (C=N–C) groups is 1. The number of carbonyl (C=O) groups is 2. The topological polar surface area (TPSA) is 108 Å². The summed E-state index contributed by atoms with van der Waals surface area (Å²) in [5.74, 6) is -0.906. The van der Waals surface area contributed by atoms with E-state index in [-0.39, 0.29) is 40.3 Å². The third-order valence-electron chi connectivity index (χ3n) is 4.01. The standard InChI is InChI=1S/C20H13Br2ClN2O6/c1-2-3-17(26)30-18-13(21)6-10(7-14(18)22)8-16-20(27)31-19(24-16)12-9-11(25(28)29)4-5-15(12)23/h4-9H,2-3H2,1H3/b16-8-. The van der Waals surface area contributed by atoms with Crippen LogP contribution in [-0.2, 0) is 14.3 Å². The molecule has 2 aromatic rings. The first kappa shape index (κ1) is 23.1. The largest absolute Gasteiger partial charge is 0.424 e. The minimum absolute atomic E-state index is 0.0212. The molecule has 2 aromatic carbocycles. The molecule has 0 saturated heterocycles. The van der Waals surface area contributed by atoms with Crippen LogP contribution in [0, 0.1) is 10.1 Å². The second-order valence-electron chi connectivity index (χ2n) is 6.30. The smallest absolute Gasteiger partial charge is 0.363 e. The Hall–Kier alpha value is -2.56. The number of hydrogen-bond donors (Lipinski definition) is 0. The molecule has 0 fully saturated rings. The number of cyclic esters (lactones) is 1. The van der Waals surface area contributed by atoms with Crippen LogP contribution in [0.2, 0.25) is 5.02 Å². The summed E-state index contributed by atoms with van der Waals surface area (Å²) in [6.45, 7) is 1.87. The molecule has 3 rings (SSSR count). The number of halogens is 3. The Labute approximate surface area is 198 Å². The van der Waals surface area contributed by atoms with E-state index >= 15 is 0 Å². The Kier molecular flexibility index (Phi) is 7.24. The quantitative estimate of drug-likeness (QED) is 0.142. The third kappa shape index (κ3) is 5.38. The van der Waals surface area contributed by atoms with Gasteiger partial charge >= 0.3 is 11.9 Å². The average molecular weight is 573 g/mol. The van der Waals surface area contributed by atoms with Crippen molar-refractivity contribution < 1.29 is 24.0 Å². The number of benzene rings is 2. The zero-order valence-electron chi connectivity index (χ0n) is 15.9. The fourth-order valence-corrected chi connectivity index (χ4v) is 4.18. The van der Waals surface area contributed by atoms with Crippen LogP contribution in [0.15, 0.2) is 50.0 Å².